The molecular formula is C20H19FN8. The number of anilines is 2. The van der Waals surface area contributed by atoms with Crippen molar-refractivity contribution in [3.05, 3.63) is 60.2 Å². The van der Waals surface area contributed by atoms with Crippen LogP contribution in [0.1, 0.15) is 5.82 Å². The quantitative estimate of drug-likeness (QED) is 0.532. The van der Waals surface area contributed by atoms with Crippen LogP contribution in [0.3, 0.4) is 0 Å². The molecule has 1 aliphatic rings. The molecule has 1 aliphatic heterocycles. The Morgan fingerprint density at radius 2 is 1.55 bits per heavy atom. The van der Waals surface area contributed by atoms with Gasteiger partial charge in [-0.2, -0.15) is 4.52 Å². The summed E-state index contributed by atoms with van der Waals surface area (Å²) in [5, 5.41) is 21.4. The van der Waals surface area contributed by atoms with Crippen molar-refractivity contribution in [2.45, 2.75) is 6.92 Å². The Bertz CT molecular complexity index is 1150. The molecule has 0 N–H and O–H groups in total. The third-order valence-electron chi connectivity index (χ3n) is 5.10. The van der Waals surface area contributed by atoms with Crippen molar-refractivity contribution >= 4 is 17.3 Å². The zero-order valence-corrected chi connectivity index (χ0v) is 15.9. The van der Waals surface area contributed by atoms with Gasteiger partial charge in [-0.05, 0) is 43.3 Å². The van der Waals surface area contributed by atoms with E-state index in [2.05, 4.69) is 35.3 Å². The highest BCUT2D eigenvalue weighted by atomic mass is 19.1. The summed E-state index contributed by atoms with van der Waals surface area (Å²) in [5.74, 6) is 2.22. The Labute approximate surface area is 166 Å². The highest BCUT2D eigenvalue weighted by Gasteiger charge is 2.20. The summed E-state index contributed by atoms with van der Waals surface area (Å²) in [7, 11) is 0. The minimum atomic E-state index is -0.280. The molecule has 0 atom stereocenters. The highest BCUT2D eigenvalue weighted by molar-refractivity contribution is 5.60. The number of nitrogens with zero attached hydrogens (tertiary/aromatic N) is 8. The van der Waals surface area contributed by atoms with E-state index in [9.17, 15) is 4.39 Å². The van der Waals surface area contributed by atoms with Crippen LogP contribution < -0.4 is 9.80 Å². The van der Waals surface area contributed by atoms with Gasteiger partial charge in [0.1, 0.15) is 11.6 Å². The number of rotatable bonds is 3. The Balaban J connectivity index is 1.28. The van der Waals surface area contributed by atoms with Gasteiger partial charge in [-0.3, -0.25) is 0 Å². The maximum absolute atomic E-state index is 13.4. The van der Waals surface area contributed by atoms with Gasteiger partial charge in [0.15, 0.2) is 17.3 Å². The van der Waals surface area contributed by atoms with Gasteiger partial charge in [-0.15, -0.1) is 25.5 Å². The van der Waals surface area contributed by atoms with Gasteiger partial charge in [0.2, 0.25) is 0 Å². The third-order valence-corrected chi connectivity index (χ3v) is 5.10. The van der Waals surface area contributed by atoms with Crippen molar-refractivity contribution < 1.29 is 4.39 Å². The van der Waals surface area contributed by atoms with Gasteiger partial charge >= 0.3 is 0 Å². The van der Waals surface area contributed by atoms with Crippen LogP contribution in [0, 0.1) is 12.7 Å². The second kappa shape index (κ2) is 7.08. The standard InChI is InChI=1S/C20H19FN8/c1-14-22-25-19-7-8-20(26-29(14)19)28-11-9-27(10-12-28)18-6-5-17(23-24-18)15-3-2-4-16(21)13-15/h2-8,13H,9-12H2,1H3. The zero-order valence-electron chi connectivity index (χ0n) is 15.9. The maximum Gasteiger partial charge on any atom is 0.178 e. The molecule has 0 bridgehead atoms. The Kier molecular flexibility index (Phi) is 4.27. The summed E-state index contributed by atoms with van der Waals surface area (Å²) in [6.45, 7) is 5.17. The summed E-state index contributed by atoms with van der Waals surface area (Å²) >= 11 is 0. The first-order valence-electron chi connectivity index (χ1n) is 9.46. The molecule has 0 saturated carbocycles. The van der Waals surface area contributed by atoms with E-state index < -0.39 is 0 Å². The normalized spacial score (nSPS) is 14.6. The van der Waals surface area contributed by atoms with E-state index in [1.165, 1.54) is 12.1 Å². The lowest BCUT2D eigenvalue weighted by Crippen LogP contribution is -2.47. The van der Waals surface area contributed by atoms with Crippen molar-refractivity contribution in [1.82, 2.24) is 30.0 Å². The van der Waals surface area contributed by atoms with Crippen molar-refractivity contribution in [2.75, 3.05) is 36.0 Å². The molecule has 5 rings (SSSR count). The highest BCUT2D eigenvalue weighted by Crippen LogP contribution is 2.21. The number of aromatic nitrogens is 6. The molecule has 0 aliphatic carbocycles. The molecule has 1 fully saturated rings. The van der Waals surface area contributed by atoms with E-state index in [1.54, 1.807) is 10.6 Å². The van der Waals surface area contributed by atoms with Gasteiger partial charge in [0.05, 0.1) is 5.69 Å². The number of hydrogen-bond donors (Lipinski definition) is 0. The maximum atomic E-state index is 13.4. The summed E-state index contributed by atoms with van der Waals surface area (Å²) in [4.78, 5) is 4.44. The molecule has 0 radical (unpaired) electrons. The van der Waals surface area contributed by atoms with Crippen LogP contribution in [0.2, 0.25) is 0 Å². The van der Waals surface area contributed by atoms with Crippen LogP contribution >= 0.6 is 0 Å². The second-order valence-corrected chi connectivity index (χ2v) is 6.97. The monoisotopic (exact) mass is 390 g/mol. The van der Waals surface area contributed by atoms with E-state index in [1.807, 2.05) is 37.3 Å². The summed E-state index contributed by atoms with van der Waals surface area (Å²) in [5.41, 5.74) is 2.13. The molecule has 1 saturated heterocycles. The first-order valence-corrected chi connectivity index (χ1v) is 9.46. The molecule has 3 aromatic heterocycles. The van der Waals surface area contributed by atoms with Crippen molar-refractivity contribution in [1.29, 1.82) is 0 Å². The van der Waals surface area contributed by atoms with Crippen molar-refractivity contribution in [2.24, 2.45) is 0 Å². The largest absolute Gasteiger partial charge is 0.352 e. The Morgan fingerprint density at radius 1 is 0.793 bits per heavy atom. The van der Waals surface area contributed by atoms with Crippen LogP contribution in [0.15, 0.2) is 48.5 Å². The van der Waals surface area contributed by atoms with Gasteiger partial charge in [0.25, 0.3) is 0 Å². The molecule has 0 amide bonds. The SMILES string of the molecule is Cc1nnc2ccc(N3CCN(c4ccc(-c5cccc(F)c5)nn4)CC3)nn12. The predicted molar refractivity (Wildman–Crippen MR) is 107 cm³/mol. The van der Waals surface area contributed by atoms with E-state index in [4.69, 9.17) is 0 Å². The zero-order chi connectivity index (χ0) is 19.8. The number of hydrogen-bond acceptors (Lipinski definition) is 7. The lowest BCUT2D eigenvalue weighted by Gasteiger charge is -2.35. The molecule has 1 aromatic carbocycles. The lowest BCUT2D eigenvalue weighted by atomic mass is 10.1. The Morgan fingerprint density at radius 3 is 2.28 bits per heavy atom. The summed E-state index contributed by atoms with van der Waals surface area (Å²) in [6, 6.07) is 14.1. The van der Waals surface area contributed by atoms with Crippen LogP contribution in [0.25, 0.3) is 16.9 Å². The van der Waals surface area contributed by atoms with Gasteiger partial charge in [0, 0.05) is 31.7 Å². The fraction of sp³-hybridized carbons (Fsp3) is 0.250. The van der Waals surface area contributed by atoms with E-state index >= 15 is 0 Å². The fourth-order valence-electron chi connectivity index (χ4n) is 3.52. The van der Waals surface area contributed by atoms with Gasteiger partial charge in [-0.25, -0.2) is 4.39 Å². The van der Waals surface area contributed by atoms with Crippen molar-refractivity contribution in [3.63, 3.8) is 0 Å². The topological polar surface area (TPSA) is 75.3 Å². The fourth-order valence-corrected chi connectivity index (χ4v) is 3.52. The molecule has 29 heavy (non-hydrogen) atoms. The molecule has 4 heterocycles. The number of aryl methyl sites for hydroxylation is 1. The van der Waals surface area contributed by atoms with Gasteiger partial charge in [-0.1, -0.05) is 12.1 Å². The smallest absolute Gasteiger partial charge is 0.178 e. The minimum absolute atomic E-state index is 0.280. The van der Waals surface area contributed by atoms with Crippen LogP contribution in [0.4, 0.5) is 16.0 Å². The average Bonchev–Trinajstić information content (AvgIpc) is 3.14. The van der Waals surface area contributed by atoms with Crippen molar-refractivity contribution in [3.8, 4) is 11.3 Å². The molecular weight excluding hydrogens is 371 g/mol. The molecule has 8 nitrogen and oxygen atoms in total. The molecule has 146 valence electrons. The van der Waals surface area contributed by atoms with Crippen LogP contribution in [0.5, 0.6) is 0 Å². The molecule has 9 heteroatoms. The van der Waals surface area contributed by atoms with E-state index in [0.717, 1.165) is 54.8 Å². The number of fused-ring (bicyclic) bond motifs is 1. The lowest BCUT2D eigenvalue weighted by molar-refractivity contribution is 0.628. The summed E-state index contributed by atoms with van der Waals surface area (Å²) < 4.78 is 15.2. The summed E-state index contributed by atoms with van der Waals surface area (Å²) in [6.07, 6.45) is 0. The second-order valence-electron chi connectivity index (χ2n) is 6.97. The first-order chi connectivity index (χ1) is 14.2. The molecule has 0 spiro atoms. The number of halogens is 1. The minimum Gasteiger partial charge on any atom is -0.352 e. The van der Waals surface area contributed by atoms with E-state index in [-0.39, 0.29) is 5.82 Å². The number of piperazine rings is 1. The molecule has 4 aromatic rings. The van der Waals surface area contributed by atoms with Crippen LogP contribution in [-0.4, -0.2) is 56.2 Å². The molecule has 0 unspecified atom stereocenters. The van der Waals surface area contributed by atoms with Gasteiger partial charge < -0.3 is 9.80 Å². The Hall–Kier alpha value is -3.62. The number of benzene rings is 1. The predicted octanol–water partition coefficient (Wildman–Crippen LogP) is 2.36. The van der Waals surface area contributed by atoms with Crippen LogP contribution in [-0.2, 0) is 0 Å². The first kappa shape index (κ1) is 17.5. The van der Waals surface area contributed by atoms with E-state index in [0.29, 0.717) is 5.69 Å². The average molecular weight is 390 g/mol. The third kappa shape index (κ3) is 3.35.